The molecule has 116 valence electrons. The van der Waals surface area contributed by atoms with Crippen LogP contribution in [-0.4, -0.2) is 5.91 Å². The molecule has 23 heavy (non-hydrogen) atoms. The summed E-state index contributed by atoms with van der Waals surface area (Å²) < 4.78 is 0. The van der Waals surface area contributed by atoms with Crippen molar-refractivity contribution >= 4 is 34.0 Å². The lowest BCUT2D eigenvalue weighted by Crippen LogP contribution is -2.12. The molecule has 0 saturated heterocycles. The van der Waals surface area contributed by atoms with Gasteiger partial charge in [0.05, 0.1) is 0 Å². The van der Waals surface area contributed by atoms with E-state index >= 15 is 0 Å². The third-order valence-corrected chi connectivity index (χ3v) is 4.28. The van der Waals surface area contributed by atoms with E-state index in [0.717, 1.165) is 16.5 Å². The van der Waals surface area contributed by atoms with Crippen LogP contribution in [-0.2, 0) is 0 Å². The highest BCUT2D eigenvalue weighted by molar-refractivity contribution is 6.36. The van der Waals surface area contributed by atoms with E-state index in [1.165, 1.54) is 5.56 Å². The molecule has 0 aliphatic rings. The Morgan fingerprint density at radius 3 is 2.26 bits per heavy atom. The van der Waals surface area contributed by atoms with Crippen molar-refractivity contribution in [1.29, 1.82) is 0 Å². The first-order valence-corrected chi connectivity index (χ1v) is 8.02. The van der Waals surface area contributed by atoms with Gasteiger partial charge in [0.2, 0.25) is 0 Å². The summed E-state index contributed by atoms with van der Waals surface area (Å²) in [6.45, 7) is 4.29. The zero-order valence-corrected chi connectivity index (χ0v) is 13.9. The van der Waals surface area contributed by atoms with Crippen molar-refractivity contribution in [1.82, 2.24) is 0 Å². The lowest BCUT2D eigenvalue weighted by atomic mass is 10.0. The molecule has 0 fully saturated rings. The lowest BCUT2D eigenvalue weighted by Gasteiger charge is -2.10. The normalized spacial score (nSPS) is 11.0. The van der Waals surface area contributed by atoms with Gasteiger partial charge in [-0.25, -0.2) is 0 Å². The second-order valence-corrected chi connectivity index (χ2v) is 6.28. The van der Waals surface area contributed by atoms with Crippen LogP contribution in [0.25, 0.3) is 10.8 Å². The van der Waals surface area contributed by atoms with Gasteiger partial charge in [0.1, 0.15) is 0 Å². The predicted molar refractivity (Wildman–Crippen MR) is 97.4 cm³/mol. The number of nitrogens with one attached hydrogen (secondary N) is 1. The average Bonchev–Trinajstić information content (AvgIpc) is 2.55. The van der Waals surface area contributed by atoms with Gasteiger partial charge in [-0.3, -0.25) is 4.79 Å². The van der Waals surface area contributed by atoms with Crippen LogP contribution >= 0.6 is 11.6 Å². The number of halogens is 1. The molecule has 0 unspecified atom stereocenters. The number of carbonyl (C=O) groups excluding carboxylic acids is 1. The van der Waals surface area contributed by atoms with Crippen molar-refractivity contribution in [3.05, 3.63) is 76.8 Å². The first-order chi connectivity index (χ1) is 11.1. The molecule has 0 aliphatic heterocycles. The SMILES string of the molecule is CC(C)c1ccc(NC(=O)c2cccc3c(Cl)cccc23)cc1. The van der Waals surface area contributed by atoms with Crippen molar-refractivity contribution in [3.63, 3.8) is 0 Å². The van der Waals surface area contributed by atoms with Crippen LogP contribution in [0.1, 0.15) is 35.7 Å². The van der Waals surface area contributed by atoms with Crippen LogP contribution < -0.4 is 5.32 Å². The van der Waals surface area contributed by atoms with E-state index in [4.69, 9.17) is 11.6 Å². The van der Waals surface area contributed by atoms with Gasteiger partial charge in [0.15, 0.2) is 0 Å². The topological polar surface area (TPSA) is 29.1 Å². The molecule has 0 heterocycles. The summed E-state index contributed by atoms with van der Waals surface area (Å²) in [5, 5.41) is 5.35. The molecule has 0 bridgehead atoms. The maximum Gasteiger partial charge on any atom is 0.256 e. The summed E-state index contributed by atoms with van der Waals surface area (Å²) >= 11 is 6.21. The van der Waals surface area contributed by atoms with Gasteiger partial charge in [-0.2, -0.15) is 0 Å². The van der Waals surface area contributed by atoms with Crippen molar-refractivity contribution in [2.75, 3.05) is 5.32 Å². The van der Waals surface area contributed by atoms with E-state index in [2.05, 4.69) is 19.2 Å². The Bertz CT molecular complexity index is 853. The number of hydrogen-bond acceptors (Lipinski definition) is 1. The molecule has 0 radical (unpaired) electrons. The number of amides is 1. The maximum atomic E-state index is 12.6. The summed E-state index contributed by atoms with van der Waals surface area (Å²) in [7, 11) is 0. The molecule has 3 aromatic carbocycles. The zero-order valence-electron chi connectivity index (χ0n) is 13.1. The Hall–Kier alpha value is -2.32. The van der Waals surface area contributed by atoms with Crippen LogP contribution in [0, 0.1) is 0 Å². The van der Waals surface area contributed by atoms with E-state index < -0.39 is 0 Å². The summed E-state index contributed by atoms with van der Waals surface area (Å²) in [5.74, 6) is 0.343. The third-order valence-electron chi connectivity index (χ3n) is 3.95. The van der Waals surface area contributed by atoms with Crippen molar-refractivity contribution in [2.24, 2.45) is 0 Å². The molecular formula is C20H18ClNO. The molecule has 1 amide bonds. The van der Waals surface area contributed by atoms with Crippen molar-refractivity contribution < 1.29 is 4.79 Å². The van der Waals surface area contributed by atoms with Gasteiger partial charge in [-0.15, -0.1) is 0 Å². The Balaban J connectivity index is 1.90. The van der Waals surface area contributed by atoms with Crippen LogP contribution in [0.15, 0.2) is 60.7 Å². The Labute approximate surface area is 141 Å². The maximum absolute atomic E-state index is 12.6. The fraction of sp³-hybridized carbons (Fsp3) is 0.150. The predicted octanol–water partition coefficient (Wildman–Crippen LogP) is 5.87. The fourth-order valence-corrected chi connectivity index (χ4v) is 2.86. The quantitative estimate of drug-likeness (QED) is 0.641. The Kier molecular flexibility index (Phi) is 4.35. The molecule has 0 aromatic heterocycles. The van der Waals surface area contributed by atoms with Crippen LogP contribution in [0.2, 0.25) is 5.02 Å². The molecule has 2 nitrogen and oxygen atoms in total. The first kappa shape index (κ1) is 15.6. The number of rotatable bonds is 3. The van der Waals surface area contributed by atoms with E-state index in [1.54, 1.807) is 0 Å². The lowest BCUT2D eigenvalue weighted by molar-refractivity contribution is 0.102. The number of carbonyl (C=O) groups is 1. The third kappa shape index (κ3) is 3.22. The van der Waals surface area contributed by atoms with Gasteiger partial charge in [-0.05, 0) is 41.1 Å². The smallest absolute Gasteiger partial charge is 0.256 e. The van der Waals surface area contributed by atoms with Gasteiger partial charge >= 0.3 is 0 Å². The van der Waals surface area contributed by atoms with Gasteiger partial charge < -0.3 is 5.32 Å². The minimum atomic E-state index is -0.129. The molecular weight excluding hydrogens is 306 g/mol. The van der Waals surface area contributed by atoms with Crippen LogP contribution in [0.5, 0.6) is 0 Å². The minimum absolute atomic E-state index is 0.129. The highest BCUT2D eigenvalue weighted by atomic mass is 35.5. The molecule has 0 atom stereocenters. The van der Waals surface area contributed by atoms with Crippen LogP contribution in [0.4, 0.5) is 5.69 Å². The number of fused-ring (bicyclic) bond motifs is 1. The highest BCUT2D eigenvalue weighted by Gasteiger charge is 2.11. The summed E-state index contributed by atoms with van der Waals surface area (Å²) in [4.78, 5) is 12.6. The molecule has 3 aromatic rings. The molecule has 0 aliphatic carbocycles. The van der Waals surface area contributed by atoms with E-state index in [9.17, 15) is 4.79 Å². The standard InChI is InChI=1S/C20H18ClNO/c1-13(2)14-9-11-15(12-10-14)22-20(23)18-7-3-6-17-16(18)5-4-8-19(17)21/h3-13H,1-2H3,(H,22,23). The van der Waals surface area contributed by atoms with Gasteiger partial charge in [0, 0.05) is 21.7 Å². The molecule has 0 saturated carbocycles. The summed E-state index contributed by atoms with van der Waals surface area (Å²) in [6.07, 6.45) is 0. The van der Waals surface area contributed by atoms with Crippen molar-refractivity contribution in [3.8, 4) is 0 Å². The van der Waals surface area contributed by atoms with E-state index in [1.807, 2.05) is 60.7 Å². The summed E-state index contributed by atoms with van der Waals surface area (Å²) in [6, 6.07) is 19.2. The fourth-order valence-electron chi connectivity index (χ4n) is 2.62. The Morgan fingerprint density at radius 1 is 0.913 bits per heavy atom. The molecule has 3 rings (SSSR count). The highest BCUT2D eigenvalue weighted by Crippen LogP contribution is 2.26. The molecule has 3 heteroatoms. The number of benzene rings is 3. The first-order valence-electron chi connectivity index (χ1n) is 7.65. The van der Waals surface area contributed by atoms with Gasteiger partial charge in [0.25, 0.3) is 5.91 Å². The van der Waals surface area contributed by atoms with Gasteiger partial charge in [-0.1, -0.05) is 61.8 Å². The molecule has 0 spiro atoms. The second-order valence-electron chi connectivity index (χ2n) is 5.87. The molecule has 1 N–H and O–H groups in total. The largest absolute Gasteiger partial charge is 0.322 e. The Morgan fingerprint density at radius 2 is 1.57 bits per heavy atom. The summed E-state index contributed by atoms with van der Waals surface area (Å²) in [5.41, 5.74) is 2.66. The second kappa shape index (κ2) is 6.43. The monoisotopic (exact) mass is 323 g/mol. The zero-order chi connectivity index (χ0) is 16.4. The minimum Gasteiger partial charge on any atom is -0.322 e. The van der Waals surface area contributed by atoms with Crippen LogP contribution in [0.3, 0.4) is 0 Å². The number of hydrogen-bond donors (Lipinski definition) is 1. The van der Waals surface area contributed by atoms with E-state index in [-0.39, 0.29) is 5.91 Å². The van der Waals surface area contributed by atoms with E-state index in [0.29, 0.717) is 16.5 Å². The average molecular weight is 324 g/mol. The number of anilines is 1. The van der Waals surface area contributed by atoms with Crippen molar-refractivity contribution in [2.45, 2.75) is 19.8 Å².